The number of carboxylic acid groups (broad SMARTS) is 1. The summed E-state index contributed by atoms with van der Waals surface area (Å²) in [5.41, 5.74) is 0.325. The van der Waals surface area contributed by atoms with Crippen LogP contribution < -0.4 is 10.9 Å². The zero-order valence-corrected chi connectivity index (χ0v) is 12.8. The number of hydrogen-bond acceptors (Lipinski definition) is 6. The number of amides is 1. The summed E-state index contributed by atoms with van der Waals surface area (Å²) in [6.07, 6.45) is 1.27. The molecule has 9 heteroatoms. The van der Waals surface area contributed by atoms with E-state index in [0.717, 1.165) is 5.69 Å². The van der Waals surface area contributed by atoms with Crippen molar-refractivity contribution in [3.05, 3.63) is 33.2 Å². The Morgan fingerprint density at radius 3 is 3.00 bits per heavy atom. The molecule has 2 aromatic heterocycles. The summed E-state index contributed by atoms with van der Waals surface area (Å²) in [5.74, 6) is -0.942. The molecule has 0 saturated heterocycles. The van der Waals surface area contributed by atoms with Gasteiger partial charge in [-0.1, -0.05) is 0 Å². The number of fused-ring (bicyclic) bond motifs is 1. The number of carbonyl (C=O) groups excluding carboxylic acids is 1. The van der Waals surface area contributed by atoms with E-state index in [1.54, 1.807) is 12.3 Å². The van der Waals surface area contributed by atoms with E-state index in [-0.39, 0.29) is 11.3 Å². The van der Waals surface area contributed by atoms with Crippen molar-refractivity contribution in [3.8, 4) is 0 Å². The number of thioether (sulfide) groups is 1. The van der Waals surface area contributed by atoms with Gasteiger partial charge in [0.25, 0.3) is 11.5 Å². The van der Waals surface area contributed by atoms with E-state index in [0.29, 0.717) is 17.3 Å². The van der Waals surface area contributed by atoms with Crippen molar-refractivity contribution in [2.75, 3.05) is 18.1 Å². The molecule has 0 aliphatic rings. The summed E-state index contributed by atoms with van der Waals surface area (Å²) in [4.78, 5) is 39.1. The van der Waals surface area contributed by atoms with Gasteiger partial charge in [0.2, 0.25) is 0 Å². The molecule has 0 bridgehead atoms. The second-order valence-electron chi connectivity index (χ2n) is 4.17. The molecular formula is C12H13N3O4S2. The van der Waals surface area contributed by atoms with Crippen LogP contribution in [-0.4, -0.2) is 44.4 Å². The van der Waals surface area contributed by atoms with Crippen LogP contribution in [0, 0.1) is 6.92 Å². The summed E-state index contributed by atoms with van der Waals surface area (Å²) >= 11 is 2.53. The van der Waals surface area contributed by atoms with Crippen LogP contribution in [0.4, 0.5) is 0 Å². The Balaban J connectivity index is 2.03. The highest BCUT2D eigenvalue weighted by atomic mass is 32.2. The summed E-state index contributed by atoms with van der Waals surface area (Å²) in [7, 11) is 0. The Kier molecular flexibility index (Phi) is 4.97. The number of aromatic nitrogens is 2. The van der Waals surface area contributed by atoms with Crippen LogP contribution in [0.15, 0.2) is 16.4 Å². The number of nitrogens with zero attached hydrogens (tertiary/aromatic N) is 2. The number of aliphatic carboxylic acids is 1. The number of aryl methyl sites for hydroxylation is 1. The molecule has 21 heavy (non-hydrogen) atoms. The highest BCUT2D eigenvalue weighted by Crippen LogP contribution is 2.10. The molecule has 0 spiro atoms. The van der Waals surface area contributed by atoms with E-state index in [1.807, 2.05) is 0 Å². The first kappa shape index (κ1) is 15.5. The van der Waals surface area contributed by atoms with E-state index in [9.17, 15) is 14.4 Å². The Labute approximate surface area is 128 Å². The molecule has 0 aliphatic carbocycles. The normalized spacial score (nSPS) is 10.7. The average molecular weight is 327 g/mol. The lowest BCUT2D eigenvalue weighted by Crippen LogP contribution is -2.32. The van der Waals surface area contributed by atoms with E-state index in [4.69, 9.17) is 5.11 Å². The van der Waals surface area contributed by atoms with Gasteiger partial charge in [0.05, 0.1) is 5.75 Å². The van der Waals surface area contributed by atoms with Crippen LogP contribution in [-0.2, 0) is 4.79 Å². The molecule has 0 saturated carbocycles. The molecule has 1 amide bonds. The van der Waals surface area contributed by atoms with Crippen LogP contribution in [0.2, 0.25) is 0 Å². The van der Waals surface area contributed by atoms with Crippen molar-refractivity contribution < 1.29 is 14.7 Å². The fraction of sp³-hybridized carbons (Fsp3) is 0.333. The lowest BCUT2D eigenvalue weighted by molar-refractivity contribution is -0.133. The fourth-order valence-corrected chi connectivity index (χ4v) is 3.06. The molecular weight excluding hydrogens is 314 g/mol. The maximum absolute atomic E-state index is 12.2. The Morgan fingerprint density at radius 1 is 1.52 bits per heavy atom. The van der Waals surface area contributed by atoms with E-state index in [2.05, 4.69) is 10.3 Å². The average Bonchev–Trinajstić information content (AvgIpc) is 2.80. The number of carbonyl (C=O) groups is 2. The topological polar surface area (TPSA) is 101 Å². The first-order chi connectivity index (χ1) is 10.0. The minimum atomic E-state index is -0.896. The van der Waals surface area contributed by atoms with E-state index < -0.39 is 17.4 Å². The second-order valence-corrected chi connectivity index (χ2v) is 6.12. The largest absolute Gasteiger partial charge is 0.481 e. The third kappa shape index (κ3) is 3.61. The van der Waals surface area contributed by atoms with Crippen LogP contribution in [0.3, 0.4) is 0 Å². The smallest absolute Gasteiger partial charge is 0.313 e. The molecule has 2 heterocycles. The summed E-state index contributed by atoms with van der Waals surface area (Å²) < 4.78 is 1.40. The Bertz CT molecular complexity index is 738. The maximum atomic E-state index is 12.2. The molecule has 0 radical (unpaired) electrons. The first-order valence-corrected chi connectivity index (χ1v) is 8.07. The number of thiazole rings is 1. The molecule has 0 aromatic carbocycles. The highest BCUT2D eigenvalue weighted by molar-refractivity contribution is 7.99. The van der Waals surface area contributed by atoms with Crippen LogP contribution in [0.5, 0.6) is 0 Å². The van der Waals surface area contributed by atoms with E-state index in [1.165, 1.54) is 33.7 Å². The predicted octanol–water partition coefficient (Wildman–Crippen LogP) is 0.612. The number of hydrogen-bond donors (Lipinski definition) is 2. The zero-order valence-electron chi connectivity index (χ0n) is 11.2. The minimum Gasteiger partial charge on any atom is -0.481 e. The lowest BCUT2D eigenvalue weighted by Gasteiger charge is -2.04. The van der Waals surface area contributed by atoms with Gasteiger partial charge in [-0.25, -0.2) is 4.98 Å². The maximum Gasteiger partial charge on any atom is 0.313 e. The van der Waals surface area contributed by atoms with Crippen molar-refractivity contribution in [2.24, 2.45) is 0 Å². The quantitative estimate of drug-likeness (QED) is 0.754. The molecule has 0 atom stereocenters. The van der Waals surface area contributed by atoms with Gasteiger partial charge in [0.1, 0.15) is 5.56 Å². The Hall–Kier alpha value is -1.87. The monoisotopic (exact) mass is 327 g/mol. The van der Waals surface area contributed by atoms with Gasteiger partial charge in [-0.3, -0.25) is 18.8 Å². The van der Waals surface area contributed by atoms with Gasteiger partial charge in [-0.2, -0.15) is 0 Å². The summed E-state index contributed by atoms with van der Waals surface area (Å²) in [6.45, 7) is 2.07. The molecule has 0 aliphatic heterocycles. The van der Waals surface area contributed by atoms with Crippen molar-refractivity contribution >= 4 is 39.9 Å². The molecule has 0 unspecified atom stereocenters. The SMILES string of the molecule is Cc1csc2ncc(C(=O)NCCSCC(=O)O)c(=O)n12. The van der Waals surface area contributed by atoms with Gasteiger partial charge < -0.3 is 10.4 Å². The molecule has 2 rings (SSSR count). The van der Waals surface area contributed by atoms with Gasteiger partial charge in [0.15, 0.2) is 4.96 Å². The molecule has 7 nitrogen and oxygen atoms in total. The Morgan fingerprint density at radius 2 is 2.29 bits per heavy atom. The third-order valence-electron chi connectivity index (χ3n) is 2.62. The fourth-order valence-electron chi connectivity index (χ4n) is 1.67. The standard InChI is InChI=1S/C12H13N3O4S2/c1-7-5-21-12-14-4-8(11(19)15(7)12)10(18)13-2-3-20-6-9(16)17/h4-5H,2-3,6H2,1H3,(H,13,18)(H,16,17). The first-order valence-electron chi connectivity index (χ1n) is 6.04. The van der Waals surface area contributed by atoms with Gasteiger partial charge >= 0.3 is 5.97 Å². The van der Waals surface area contributed by atoms with Crippen molar-refractivity contribution in [1.29, 1.82) is 0 Å². The van der Waals surface area contributed by atoms with Crippen LogP contribution in [0.1, 0.15) is 16.1 Å². The van der Waals surface area contributed by atoms with Crippen molar-refractivity contribution in [1.82, 2.24) is 14.7 Å². The van der Waals surface area contributed by atoms with Gasteiger partial charge in [-0.05, 0) is 6.92 Å². The summed E-state index contributed by atoms with van der Waals surface area (Å²) in [5, 5.41) is 12.9. The minimum absolute atomic E-state index is 0.0137. The zero-order chi connectivity index (χ0) is 15.4. The number of nitrogens with one attached hydrogen (secondary N) is 1. The lowest BCUT2D eigenvalue weighted by atomic mass is 10.3. The van der Waals surface area contributed by atoms with Gasteiger partial charge in [0, 0.05) is 29.6 Å². The molecule has 0 fully saturated rings. The second kappa shape index (κ2) is 6.72. The predicted molar refractivity (Wildman–Crippen MR) is 81.4 cm³/mol. The van der Waals surface area contributed by atoms with Crippen LogP contribution in [0.25, 0.3) is 4.96 Å². The third-order valence-corrected chi connectivity index (χ3v) is 4.52. The number of rotatable bonds is 6. The van der Waals surface area contributed by atoms with Crippen molar-refractivity contribution in [2.45, 2.75) is 6.92 Å². The summed E-state index contributed by atoms with van der Waals surface area (Å²) in [6, 6.07) is 0. The molecule has 2 N–H and O–H groups in total. The van der Waals surface area contributed by atoms with Crippen molar-refractivity contribution in [3.63, 3.8) is 0 Å². The van der Waals surface area contributed by atoms with E-state index >= 15 is 0 Å². The highest BCUT2D eigenvalue weighted by Gasteiger charge is 2.14. The number of carboxylic acids is 1. The van der Waals surface area contributed by atoms with Gasteiger partial charge in [-0.15, -0.1) is 23.1 Å². The van der Waals surface area contributed by atoms with Crippen LogP contribution >= 0.6 is 23.1 Å². The molecule has 112 valence electrons. The molecule has 2 aromatic rings.